The second-order valence-electron chi connectivity index (χ2n) is 5.54. The number of rotatable bonds is 4. The number of methoxy groups -OCH3 is 1. The summed E-state index contributed by atoms with van der Waals surface area (Å²) in [4.78, 5) is 5.49. The van der Waals surface area contributed by atoms with Crippen LogP contribution >= 0.6 is 11.3 Å². The van der Waals surface area contributed by atoms with Crippen molar-refractivity contribution >= 4 is 16.3 Å². The van der Waals surface area contributed by atoms with Crippen LogP contribution < -0.4 is 4.74 Å². The molecule has 2 aromatic heterocycles. The number of aliphatic hydroxyl groups excluding tert-OH is 1. The summed E-state index contributed by atoms with van der Waals surface area (Å²) in [5.74, 6) is 1.19. The average molecular weight is 317 g/mol. The first-order valence-electron chi connectivity index (χ1n) is 7.19. The Hall–Kier alpha value is -1.92. The van der Waals surface area contributed by atoms with Crippen LogP contribution in [0.5, 0.6) is 5.75 Å². The molecule has 0 fully saturated rings. The highest BCUT2D eigenvalue weighted by Gasteiger charge is 2.18. The minimum Gasteiger partial charge on any atom is -0.496 e. The zero-order chi connectivity index (χ0) is 15.9. The molecule has 22 heavy (non-hydrogen) atoms. The van der Waals surface area contributed by atoms with Crippen LogP contribution in [0.3, 0.4) is 0 Å². The van der Waals surface area contributed by atoms with Gasteiger partial charge >= 0.3 is 0 Å². The molecular formula is C16H19N3O2S. The van der Waals surface area contributed by atoms with Gasteiger partial charge in [-0.05, 0) is 30.7 Å². The van der Waals surface area contributed by atoms with Crippen LogP contribution in [0.15, 0.2) is 18.2 Å². The fourth-order valence-corrected chi connectivity index (χ4v) is 3.36. The van der Waals surface area contributed by atoms with Crippen LogP contribution in [-0.4, -0.2) is 26.8 Å². The molecule has 0 bridgehead atoms. The third-order valence-corrected chi connectivity index (χ3v) is 4.83. The van der Waals surface area contributed by atoms with Gasteiger partial charge in [0.2, 0.25) is 4.96 Å². The minimum atomic E-state index is -0.0944. The Bertz CT molecular complexity index is 820. The summed E-state index contributed by atoms with van der Waals surface area (Å²) in [6.07, 6.45) is 0. The Morgan fingerprint density at radius 2 is 2.14 bits per heavy atom. The summed E-state index contributed by atoms with van der Waals surface area (Å²) in [6, 6.07) is 5.90. The van der Waals surface area contributed by atoms with Gasteiger partial charge in [0.1, 0.15) is 10.8 Å². The summed E-state index contributed by atoms with van der Waals surface area (Å²) in [6.45, 7) is 6.10. The van der Waals surface area contributed by atoms with E-state index in [1.807, 2.05) is 25.1 Å². The van der Waals surface area contributed by atoms with Crippen molar-refractivity contribution in [3.63, 3.8) is 0 Å². The van der Waals surface area contributed by atoms with Crippen molar-refractivity contribution in [3.05, 3.63) is 34.5 Å². The van der Waals surface area contributed by atoms with Gasteiger partial charge in [-0.1, -0.05) is 25.2 Å². The highest BCUT2D eigenvalue weighted by Crippen LogP contribution is 2.31. The standard InChI is InChI=1S/C16H19N3O2S/c1-9(2)15-18-19-12(8-20)14(17-16(19)22-15)11-5-6-13(21-4)10(3)7-11/h5-7,9,20H,8H2,1-4H3. The molecule has 0 aliphatic rings. The topological polar surface area (TPSA) is 59.7 Å². The van der Waals surface area contributed by atoms with E-state index in [2.05, 4.69) is 23.9 Å². The molecule has 0 atom stereocenters. The van der Waals surface area contributed by atoms with Gasteiger partial charge in [-0.25, -0.2) is 9.50 Å². The first-order valence-corrected chi connectivity index (χ1v) is 8.01. The number of imidazole rings is 1. The second kappa shape index (κ2) is 5.70. The normalized spacial score (nSPS) is 11.5. The Labute approximate surface area is 133 Å². The monoisotopic (exact) mass is 317 g/mol. The fraction of sp³-hybridized carbons (Fsp3) is 0.375. The van der Waals surface area contributed by atoms with E-state index in [1.54, 1.807) is 23.0 Å². The van der Waals surface area contributed by atoms with Gasteiger partial charge < -0.3 is 9.84 Å². The summed E-state index contributed by atoms with van der Waals surface area (Å²) in [5, 5.41) is 15.4. The lowest BCUT2D eigenvalue weighted by molar-refractivity contribution is 0.275. The third-order valence-electron chi connectivity index (χ3n) is 3.62. The maximum absolute atomic E-state index is 9.76. The molecule has 3 aromatic rings. The Morgan fingerprint density at radius 1 is 1.36 bits per heavy atom. The molecule has 0 unspecified atom stereocenters. The van der Waals surface area contributed by atoms with E-state index in [0.29, 0.717) is 5.92 Å². The average Bonchev–Trinajstić information content (AvgIpc) is 3.04. The Morgan fingerprint density at radius 3 is 2.73 bits per heavy atom. The zero-order valence-corrected chi connectivity index (χ0v) is 13.9. The van der Waals surface area contributed by atoms with Crippen LogP contribution in [0.2, 0.25) is 0 Å². The second-order valence-corrected chi connectivity index (χ2v) is 6.53. The highest BCUT2D eigenvalue weighted by atomic mass is 32.1. The minimum absolute atomic E-state index is 0.0944. The summed E-state index contributed by atoms with van der Waals surface area (Å²) in [5.41, 5.74) is 3.51. The number of benzene rings is 1. The third kappa shape index (κ3) is 2.38. The number of aliphatic hydroxyl groups is 1. The smallest absolute Gasteiger partial charge is 0.213 e. The molecule has 0 radical (unpaired) electrons. The van der Waals surface area contributed by atoms with Crippen LogP contribution in [0.25, 0.3) is 16.2 Å². The number of aryl methyl sites for hydroxylation is 1. The quantitative estimate of drug-likeness (QED) is 0.801. The van der Waals surface area contributed by atoms with E-state index in [9.17, 15) is 5.11 Å². The van der Waals surface area contributed by atoms with Crippen molar-refractivity contribution in [2.24, 2.45) is 0 Å². The Kier molecular flexibility index (Phi) is 3.88. The van der Waals surface area contributed by atoms with Gasteiger partial charge in [-0.2, -0.15) is 5.10 Å². The number of nitrogens with zero attached hydrogens (tertiary/aromatic N) is 3. The molecule has 0 saturated carbocycles. The van der Waals surface area contributed by atoms with Gasteiger partial charge in [0.25, 0.3) is 0 Å². The number of hydrogen-bond acceptors (Lipinski definition) is 5. The van der Waals surface area contributed by atoms with Crippen molar-refractivity contribution in [2.75, 3.05) is 7.11 Å². The molecule has 1 aromatic carbocycles. The van der Waals surface area contributed by atoms with Crippen LogP contribution in [0.1, 0.15) is 36.0 Å². The van der Waals surface area contributed by atoms with E-state index >= 15 is 0 Å². The molecule has 1 N–H and O–H groups in total. The molecule has 2 heterocycles. The lowest BCUT2D eigenvalue weighted by Crippen LogP contribution is -1.97. The van der Waals surface area contributed by atoms with E-state index in [1.165, 1.54) is 0 Å². The van der Waals surface area contributed by atoms with Gasteiger partial charge in [0, 0.05) is 11.5 Å². The van der Waals surface area contributed by atoms with E-state index < -0.39 is 0 Å². The van der Waals surface area contributed by atoms with Crippen LogP contribution in [-0.2, 0) is 6.61 Å². The van der Waals surface area contributed by atoms with Crippen molar-refractivity contribution in [1.82, 2.24) is 14.6 Å². The van der Waals surface area contributed by atoms with E-state index in [4.69, 9.17) is 4.74 Å². The van der Waals surface area contributed by atoms with Gasteiger partial charge in [-0.15, -0.1) is 0 Å². The number of hydrogen-bond donors (Lipinski definition) is 1. The van der Waals surface area contributed by atoms with Crippen molar-refractivity contribution < 1.29 is 9.84 Å². The molecule has 0 amide bonds. The molecule has 6 heteroatoms. The molecule has 3 rings (SSSR count). The predicted molar refractivity (Wildman–Crippen MR) is 87.6 cm³/mol. The van der Waals surface area contributed by atoms with E-state index in [0.717, 1.165) is 38.2 Å². The zero-order valence-electron chi connectivity index (χ0n) is 13.1. The van der Waals surface area contributed by atoms with Gasteiger partial charge in [0.05, 0.1) is 25.1 Å². The van der Waals surface area contributed by atoms with E-state index in [-0.39, 0.29) is 6.61 Å². The fourth-order valence-electron chi connectivity index (χ4n) is 2.44. The van der Waals surface area contributed by atoms with Crippen molar-refractivity contribution in [3.8, 4) is 17.0 Å². The largest absolute Gasteiger partial charge is 0.496 e. The van der Waals surface area contributed by atoms with Crippen molar-refractivity contribution in [1.29, 1.82) is 0 Å². The molecule has 0 aliphatic carbocycles. The molecule has 5 nitrogen and oxygen atoms in total. The van der Waals surface area contributed by atoms with Crippen molar-refractivity contribution in [2.45, 2.75) is 33.3 Å². The molecule has 0 aliphatic heterocycles. The number of aromatic nitrogens is 3. The predicted octanol–water partition coefficient (Wildman–Crippen LogP) is 3.39. The van der Waals surface area contributed by atoms with Crippen LogP contribution in [0, 0.1) is 6.92 Å². The maximum Gasteiger partial charge on any atom is 0.213 e. The van der Waals surface area contributed by atoms with Crippen LogP contribution in [0.4, 0.5) is 0 Å². The summed E-state index contributed by atoms with van der Waals surface area (Å²) < 4.78 is 7.05. The number of ether oxygens (including phenoxy) is 1. The molecule has 0 spiro atoms. The SMILES string of the molecule is COc1ccc(-c2nc3sc(C(C)C)nn3c2CO)cc1C. The Balaban J connectivity index is 2.14. The number of fused-ring (bicyclic) bond motifs is 1. The first-order chi connectivity index (χ1) is 10.5. The molecule has 0 saturated heterocycles. The van der Waals surface area contributed by atoms with Gasteiger partial charge in [-0.3, -0.25) is 0 Å². The summed E-state index contributed by atoms with van der Waals surface area (Å²) in [7, 11) is 1.66. The molecule has 116 valence electrons. The highest BCUT2D eigenvalue weighted by molar-refractivity contribution is 7.16. The summed E-state index contributed by atoms with van der Waals surface area (Å²) >= 11 is 1.57. The maximum atomic E-state index is 9.76. The lowest BCUT2D eigenvalue weighted by atomic mass is 10.1. The lowest BCUT2D eigenvalue weighted by Gasteiger charge is -2.07. The first kappa shape index (κ1) is 15.0. The van der Waals surface area contributed by atoms with Gasteiger partial charge in [0.15, 0.2) is 0 Å². The molecular weight excluding hydrogens is 298 g/mol.